The molecule has 0 aromatic heterocycles. The number of nitrogens with zero attached hydrogens (tertiary/aromatic N) is 4. The third-order valence-electron chi connectivity index (χ3n) is 6.41. The predicted molar refractivity (Wildman–Crippen MR) is 136 cm³/mol. The predicted octanol–water partition coefficient (Wildman–Crippen LogP) is 2.29. The van der Waals surface area contributed by atoms with Crippen molar-refractivity contribution in [3.63, 3.8) is 0 Å². The van der Waals surface area contributed by atoms with Crippen molar-refractivity contribution in [2.75, 3.05) is 52.9 Å². The van der Waals surface area contributed by atoms with Gasteiger partial charge in [0.25, 0.3) is 5.91 Å². The molecule has 8 nitrogen and oxygen atoms in total. The maximum Gasteiger partial charge on any atom is 0.257 e. The molecule has 1 atom stereocenters. The molecule has 0 spiro atoms. The highest BCUT2D eigenvalue weighted by Gasteiger charge is 2.34. The first-order chi connectivity index (χ1) is 17.1. The van der Waals surface area contributed by atoms with E-state index in [1.165, 1.54) is 0 Å². The number of piperazine rings is 1. The summed E-state index contributed by atoms with van der Waals surface area (Å²) in [5.74, 6) is 0.760. The summed E-state index contributed by atoms with van der Waals surface area (Å²) >= 11 is 0. The van der Waals surface area contributed by atoms with E-state index in [-0.39, 0.29) is 17.9 Å². The van der Waals surface area contributed by atoms with Crippen molar-refractivity contribution in [2.24, 2.45) is 5.10 Å². The minimum absolute atomic E-state index is 0.00314. The van der Waals surface area contributed by atoms with Crippen LogP contribution in [0.15, 0.2) is 72.4 Å². The van der Waals surface area contributed by atoms with Crippen LogP contribution in [0.4, 0.5) is 0 Å². The van der Waals surface area contributed by atoms with Crippen LogP contribution in [0.1, 0.15) is 23.6 Å². The molecule has 0 unspecified atom stereocenters. The molecule has 1 fully saturated rings. The molecule has 184 valence electrons. The van der Waals surface area contributed by atoms with Gasteiger partial charge in [-0.1, -0.05) is 48.5 Å². The van der Waals surface area contributed by atoms with E-state index < -0.39 is 0 Å². The number of amides is 2. The molecule has 2 aromatic rings. The Bertz CT molecular complexity index is 1050. The highest BCUT2D eigenvalue weighted by atomic mass is 16.5. The molecule has 2 aromatic carbocycles. The van der Waals surface area contributed by atoms with Crippen molar-refractivity contribution in [3.8, 4) is 5.75 Å². The van der Waals surface area contributed by atoms with Crippen molar-refractivity contribution in [3.05, 3.63) is 78.4 Å². The molecule has 0 bridgehead atoms. The van der Waals surface area contributed by atoms with Gasteiger partial charge in [0.05, 0.1) is 32.0 Å². The lowest BCUT2D eigenvalue weighted by atomic mass is 9.98. The average Bonchev–Trinajstić information content (AvgIpc) is 3.35. The zero-order valence-electron chi connectivity index (χ0n) is 20.2. The summed E-state index contributed by atoms with van der Waals surface area (Å²) in [5, 5.41) is 9.24. The second-order valence-corrected chi connectivity index (χ2v) is 8.79. The lowest BCUT2D eigenvalue weighted by molar-refractivity contribution is -0.135. The number of nitrogens with one attached hydrogen (secondary N) is 1. The van der Waals surface area contributed by atoms with E-state index in [1.54, 1.807) is 18.2 Å². The molecule has 0 radical (unpaired) electrons. The third-order valence-corrected chi connectivity index (χ3v) is 6.41. The molecule has 35 heavy (non-hydrogen) atoms. The highest BCUT2D eigenvalue weighted by Crippen LogP contribution is 2.33. The zero-order valence-corrected chi connectivity index (χ0v) is 20.2. The van der Waals surface area contributed by atoms with Gasteiger partial charge >= 0.3 is 0 Å². The Morgan fingerprint density at radius 2 is 1.69 bits per heavy atom. The Hall–Kier alpha value is -3.49. The Labute approximate surface area is 206 Å². The van der Waals surface area contributed by atoms with Crippen LogP contribution in [0.2, 0.25) is 0 Å². The maximum atomic E-state index is 13.4. The van der Waals surface area contributed by atoms with Gasteiger partial charge in [-0.15, -0.1) is 6.58 Å². The lowest BCUT2D eigenvalue weighted by Crippen LogP contribution is -2.51. The van der Waals surface area contributed by atoms with Crippen LogP contribution < -0.4 is 10.1 Å². The van der Waals surface area contributed by atoms with E-state index in [0.717, 1.165) is 48.8 Å². The molecular weight excluding hydrogens is 442 g/mol. The van der Waals surface area contributed by atoms with E-state index in [4.69, 9.17) is 9.84 Å². The number of hydrogen-bond acceptors (Lipinski definition) is 6. The topological polar surface area (TPSA) is 77.5 Å². The van der Waals surface area contributed by atoms with Crippen LogP contribution in [0.5, 0.6) is 5.75 Å². The van der Waals surface area contributed by atoms with Crippen molar-refractivity contribution in [2.45, 2.75) is 12.5 Å². The van der Waals surface area contributed by atoms with Gasteiger partial charge < -0.3 is 10.1 Å². The minimum Gasteiger partial charge on any atom is -0.497 e. The molecule has 1 N–H and O–H groups in total. The highest BCUT2D eigenvalue weighted by molar-refractivity contribution is 6.03. The fourth-order valence-electron chi connectivity index (χ4n) is 4.45. The summed E-state index contributed by atoms with van der Waals surface area (Å²) in [6.45, 7) is 7.72. The van der Waals surface area contributed by atoms with E-state index in [1.807, 2.05) is 54.6 Å². The summed E-state index contributed by atoms with van der Waals surface area (Å²) < 4.78 is 5.30. The molecule has 0 saturated carbocycles. The monoisotopic (exact) mass is 475 g/mol. The van der Waals surface area contributed by atoms with Crippen LogP contribution in [0, 0.1) is 0 Å². The summed E-state index contributed by atoms with van der Waals surface area (Å²) in [6.07, 6.45) is 2.33. The normalized spacial score (nSPS) is 18.7. The second kappa shape index (κ2) is 11.8. The van der Waals surface area contributed by atoms with E-state index >= 15 is 0 Å². The molecular formula is C27H33N5O3. The van der Waals surface area contributed by atoms with Gasteiger partial charge in [-0.3, -0.25) is 19.4 Å². The van der Waals surface area contributed by atoms with Crippen LogP contribution >= 0.6 is 0 Å². The Morgan fingerprint density at radius 1 is 1.03 bits per heavy atom. The van der Waals surface area contributed by atoms with Gasteiger partial charge in [0, 0.05) is 39.1 Å². The van der Waals surface area contributed by atoms with Gasteiger partial charge in [-0.2, -0.15) is 5.10 Å². The van der Waals surface area contributed by atoms with Gasteiger partial charge in [0.15, 0.2) is 0 Å². The number of hydrogen-bond donors (Lipinski definition) is 1. The first kappa shape index (κ1) is 24.6. The number of rotatable bonds is 9. The van der Waals surface area contributed by atoms with Crippen molar-refractivity contribution < 1.29 is 14.3 Å². The third kappa shape index (κ3) is 6.35. The quantitative estimate of drug-likeness (QED) is 0.563. The first-order valence-electron chi connectivity index (χ1n) is 12.0. The molecule has 2 aliphatic heterocycles. The SMILES string of the molecule is C=CCNC(=O)CN1CCN(CC(=O)N2N=C(c3ccccc3)C[C@@H]2c2ccc(OC)cc2)CC1. The minimum atomic E-state index is -0.154. The maximum absolute atomic E-state index is 13.4. The summed E-state index contributed by atoms with van der Waals surface area (Å²) in [7, 11) is 1.64. The van der Waals surface area contributed by atoms with Crippen LogP contribution in [-0.4, -0.2) is 85.3 Å². The second-order valence-electron chi connectivity index (χ2n) is 8.79. The smallest absolute Gasteiger partial charge is 0.257 e. The molecule has 8 heteroatoms. The first-order valence-corrected chi connectivity index (χ1v) is 12.0. The Morgan fingerprint density at radius 3 is 2.31 bits per heavy atom. The Kier molecular flexibility index (Phi) is 8.28. The number of benzene rings is 2. The van der Waals surface area contributed by atoms with Crippen molar-refractivity contribution in [1.82, 2.24) is 20.1 Å². The average molecular weight is 476 g/mol. The number of hydrazone groups is 1. The van der Waals surface area contributed by atoms with Gasteiger partial charge in [0.2, 0.25) is 5.91 Å². The summed E-state index contributed by atoms with van der Waals surface area (Å²) in [5.41, 5.74) is 2.98. The molecule has 0 aliphatic carbocycles. The van der Waals surface area contributed by atoms with E-state index in [0.29, 0.717) is 26.1 Å². The standard InChI is InChI=1S/C27H33N5O3/c1-3-13-28-26(33)19-30-14-16-31(17-15-30)20-27(34)32-25(22-9-11-23(35-2)12-10-22)18-24(29-32)21-7-5-4-6-8-21/h3-12,25H,1,13-20H2,2H3,(H,28,33)/t25-/m1/s1. The van der Waals surface area contributed by atoms with Gasteiger partial charge in [-0.25, -0.2) is 5.01 Å². The molecule has 4 rings (SSSR count). The van der Waals surface area contributed by atoms with Crippen molar-refractivity contribution >= 4 is 17.5 Å². The Balaban J connectivity index is 1.41. The number of methoxy groups -OCH3 is 1. The van der Waals surface area contributed by atoms with Crippen LogP contribution in [0.3, 0.4) is 0 Å². The van der Waals surface area contributed by atoms with E-state index in [9.17, 15) is 9.59 Å². The molecule has 2 amide bonds. The largest absolute Gasteiger partial charge is 0.497 e. The number of carbonyl (C=O) groups is 2. The summed E-state index contributed by atoms with van der Waals surface area (Å²) in [4.78, 5) is 29.7. The van der Waals surface area contributed by atoms with Gasteiger partial charge in [0.1, 0.15) is 5.75 Å². The summed E-state index contributed by atoms with van der Waals surface area (Å²) in [6, 6.07) is 17.7. The van der Waals surface area contributed by atoms with Crippen LogP contribution in [-0.2, 0) is 9.59 Å². The molecule has 2 heterocycles. The van der Waals surface area contributed by atoms with Crippen LogP contribution in [0.25, 0.3) is 0 Å². The number of carbonyl (C=O) groups excluding carboxylic acids is 2. The fourth-order valence-corrected chi connectivity index (χ4v) is 4.45. The lowest BCUT2D eigenvalue weighted by Gasteiger charge is -2.34. The number of ether oxygens (including phenoxy) is 1. The molecule has 1 saturated heterocycles. The molecule has 2 aliphatic rings. The van der Waals surface area contributed by atoms with Crippen molar-refractivity contribution in [1.29, 1.82) is 0 Å². The van der Waals surface area contributed by atoms with Gasteiger partial charge in [-0.05, 0) is 23.3 Å². The fraction of sp³-hybridized carbons (Fsp3) is 0.370. The zero-order chi connectivity index (χ0) is 24.6. The van der Waals surface area contributed by atoms with E-state index in [2.05, 4.69) is 21.7 Å².